The standard InChI is InChI=1S/C13H19N7O2S/c1-11(18-7-9-19(10-8-18)23(14,21)22)13-15-16-17-20(13)12-5-3-2-4-6-12/h2-6,11H,7-10H2,1H3,(H2,14,21,22). The largest absolute Gasteiger partial charge is 0.291 e. The van der Waals surface area contributed by atoms with Crippen molar-refractivity contribution in [3.8, 4) is 5.69 Å². The fraction of sp³-hybridized carbons (Fsp3) is 0.462. The molecule has 3 rings (SSSR count). The van der Waals surface area contributed by atoms with E-state index in [0.717, 1.165) is 11.5 Å². The molecule has 2 N–H and O–H groups in total. The van der Waals surface area contributed by atoms with Crippen molar-refractivity contribution >= 4 is 10.2 Å². The Labute approximate surface area is 134 Å². The van der Waals surface area contributed by atoms with Crippen LogP contribution in [0.5, 0.6) is 0 Å². The van der Waals surface area contributed by atoms with E-state index in [2.05, 4.69) is 20.4 Å². The lowest BCUT2D eigenvalue weighted by molar-refractivity contribution is 0.140. The van der Waals surface area contributed by atoms with E-state index in [1.165, 1.54) is 4.31 Å². The Morgan fingerprint density at radius 2 is 1.78 bits per heavy atom. The Morgan fingerprint density at radius 3 is 2.39 bits per heavy atom. The summed E-state index contributed by atoms with van der Waals surface area (Å²) in [6.07, 6.45) is 0. The number of aromatic nitrogens is 4. The van der Waals surface area contributed by atoms with E-state index in [-0.39, 0.29) is 6.04 Å². The highest BCUT2D eigenvalue weighted by Crippen LogP contribution is 2.21. The van der Waals surface area contributed by atoms with Gasteiger partial charge in [0.15, 0.2) is 5.82 Å². The van der Waals surface area contributed by atoms with Crippen molar-refractivity contribution in [2.75, 3.05) is 26.2 Å². The first-order valence-corrected chi connectivity index (χ1v) is 8.83. The van der Waals surface area contributed by atoms with E-state index >= 15 is 0 Å². The van der Waals surface area contributed by atoms with E-state index < -0.39 is 10.2 Å². The zero-order chi connectivity index (χ0) is 16.4. The number of tetrazole rings is 1. The highest BCUT2D eigenvalue weighted by molar-refractivity contribution is 7.86. The molecule has 10 heteroatoms. The minimum absolute atomic E-state index is 0.0344. The SMILES string of the molecule is CC(c1nnnn1-c1ccccc1)N1CCN(S(N)(=O)=O)CC1. The number of nitrogens with zero attached hydrogens (tertiary/aromatic N) is 6. The van der Waals surface area contributed by atoms with Crippen LogP contribution in [0, 0.1) is 0 Å². The Morgan fingerprint density at radius 1 is 1.13 bits per heavy atom. The molecule has 0 bridgehead atoms. The summed E-state index contributed by atoms with van der Waals surface area (Å²) in [7, 11) is -3.62. The minimum Gasteiger partial charge on any atom is -0.291 e. The lowest BCUT2D eigenvalue weighted by Gasteiger charge is -2.35. The summed E-state index contributed by atoms with van der Waals surface area (Å²) in [6, 6.07) is 9.63. The van der Waals surface area contributed by atoms with Gasteiger partial charge in [-0.1, -0.05) is 18.2 Å². The Hall–Kier alpha value is -1.88. The molecule has 0 amide bonds. The number of hydrogen-bond acceptors (Lipinski definition) is 6. The van der Waals surface area contributed by atoms with Crippen molar-refractivity contribution in [2.24, 2.45) is 5.14 Å². The van der Waals surface area contributed by atoms with Crippen LogP contribution in [0.2, 0.25) is 0 Å². The third kappa shape index (κ3) is 3.39. The molecule has 1 fully saturated rings. The second-order valence-corrected chi connectivity index (χ2v) is 6.99. The molecule has 1 aromatic carbocycles. The molecule has 0 saturated carbocycles. The van der Waals surface area contributed by atoms with Crippen LogP contribution in [0.4, 0.5) is 0 Å². The van der Waals surface area contributed by atoms with Gasteiger partial charge in [-0.2, -0.15) is 17.4 Å². The normalized spacial score (nSPS) is 18.9. The van der Waals surface area contributed by atoms with E-state index in [1.807, 2.05) is 37.3 Å². The number of nitrogens with two attached hydrogens (primary N) is 1. The summed E-state index contributed by atoms with van der Waals surface area (Å²) < 4.78 is 25.8. The van der Waals surface area contributed by atoms with Crippen LogP contribution < -0.4 is 5.14 Å². The molecule has 2 aromatic rings. The minimum atomic E-state index is -3.62. The van der Waals surface area contributed by atoms with E-state index in [0.29, 0.717) is 26.2 Å². The van der Waals surface area contributed by atoms with Crippen LogP contribution in [-0.4, -0.2) is 64.0 Å². The maximum atomic E-state index is 11.4. The number of para-hydroxylation sites is 1. The Balaban J connectivity index is 1.76. The van der Waals surface area contributed by atoms with Gasteiger partial charge in [-0.05, 0) is 29.5 Å². The molecule has 1 aromatic heterocycles. The molecule has 0 radical (unpaired) electrons. The predicted octanol–water partition coefficient (Wildman–Crippen LogP) is -0.456. The Bertz CT molecular complexity index is 754. The molecule has 23 heavy (non-hydrogen) atoms. The van der Waals surface area contributed by atoms with Gasteiger partial charge in [0.1, 0.15) is 0 Å². The summed E-state index contributed by atoms with van der Waals surface area (Å²) in [6.45, 7) is 3.92. The third-order valence-electron chi connectivity index (χ3n) is 4.05. The van der Waals surface area contributed by atoms with Gasteiger partial charge in [0.2, 0.25) is 0 Å². The first-order chi connectivity index (χ1) is 11.0. The molecule has 1 aliphatic rings. The molecule has 2 heterocycles. The number of piperazine rings is 1. The zero-order valence-corrected chi connectivity index (χ0v) is 13.6. The highest BCUT2D eigenvalue weighted by atomic mass is 32.2. The monoisotopic (exact) mass is 337 g/mol. The van der Waals surface area contributed by atoms with Crippen LogP contribution in [0.3, 0.4) is 0 Å². The number of hydrogen-bond donors (Lipinski definition) is 1. The second-order valence-electron chi connectivity index (χ2n) is 5.44. The van der Waals surface area contributed by atoms with Crippen molar-refractivity contribution in [2.45, 2.75) is 13.0 Å². The van der Waals surface area contributed by atoms with Crippen molar-refractivity contribution < 1.29 is 8.42 Å². The number of rotatable bonds is 4. The second kappa shape index (κ2) is 6.32. The molecule has 1 atom stereocenters. The summed E-state index contributed by atoms with van der Waals surface area (Å²) in [4.78, 5) is 2.15. The molecule has 0 spiro atoms. The lowest BCUT2D eigenvalue weighted by atomic mass is 10.2. The van der Waals surface area contributed by atoms with Gasteiger partial charge in [0.25, 0.3) is 10.2 Å². The van der Waals surface area contributed by atoms with E-state index in [1.54, 1.807) is 4.68 Å². The van der Waals surface area contributed by atoms with Gasteiger partial charge >= 0.3 is 0 Å². The molecule has 1 unspecified atom stereocenters. The van der Waals surface area contributed by atoms with E-state index in [4.69, 9.17) is 5.14 Å². The quantitative estimate of drug-likeness (QED) is 0.809. The fourth-order valence-electron chi connectivity index (χ4n) is 2.72. The molecule has 124 valence electrons. The molecule has 9 nitrogen and oxygen atoms in total. The average molecular weight is 337 g/mol. The topological polar surface area (TPSA) is 110 Å². The van der Waals surface area contributed by atoms with Gasteiger partial charge in [0.05, 0.1) is 11.7 Å². The van der Waals surface area contributed by atoms with Crippen LogP contribution in [0.1, 0.15) is 18.8 Å². The summed E-state index contributed by atoms with van der Waals surface area (Å²) in [5.74, 6) is 0.722. The third-order valence-corrected chi connectivity index (χ3v) is 5.13. The summed E-state index contributed by atoms with van der Waals surface area (Å²) >= 11 is 0. The first-order valence-electron chi connectivity index (χ1n) is 7.32. The first kappa shape index (κ1) is 16.0. The molecule has 1 saturated heterocycles. The molecular weight excluding hydrogens is 318 g/mol. The highest BCUT2D eigenvalue weighted by Gasteiger charge is 2.29. The van der Waals surface area contributed by atoms with Gasteiger partial charge in [-0.25, -0.2) is 5.14 Å². The summed E-state index contributed by atoms with van der Waals surface area (Å²) in [5, 5.41) is 17.1. The zero-order valence-electron chi connectivity index (χ0n) is 12.8. The Kier molecular flexibility index (Phi) is 4.39. The molecule has 1 aliphatic heterocycles. The summed E-state index contributed by atoms with van der Waals surface area (Å²) in [5.41, 5.74) is 0.891. The maximum Gasteiger partial charge on any atom is 0.276 e. The fourth-order valence-corrected chi connectivity index (χ4v) is 3.39. The lowest BCUT2D eigenvalue weighted by Crippen LogP contribution is -2.51. The van der Waals surface area contributed by atoms with Crippen LogP contribution in [0.15, 0.2) is 30.3 Å². The molecule has 0 aliphatic carbocycles. The van der Waals surface area contributed by atoms with Crippen LogP contribution in [0.25, 0.3) is 5.69 Å². The van der Waals surface area contributed by atoms with Gasteiger partial charge < -0.3 is 0 Å². The smallest absolute Gasteiger partial charge is 0.276 e. The van der Waals surface area contributed by atoms with Crippen LogP contribution in [-0.2, 0) is 10.2 Å². The maximum absolute atomic E-state index is 11.4. The average Bonchev–Trinajstić information content (AvgIpc) is 3.04. The number of benzene rings is 1. The van der Waals surface area contributed by atoms with Gasteiger partial charge in [-0.15, -0.1) is 5.10 Å². The van der Waals surface area contributed by atoms with Crippen molar-refractivity contribution in [1.82, 2.24) is 29.4 Å². The van der Waals surface area contributed by atoms with E-state index in [9.17, 15) is 8.42 Å². The van der Waals surface area contributed by atoms with Gasteiger partial charge in [0, 0.05) is 26.2 Å². The van der Waals surface area contributed by atoms with Crippen molar-refractivity contribution in [1.29, 1.82) is 0 Å². The van der Waals surface area contributed by atoms with Gasteiger partial charge in [-0.3, -0.25) is 4.90 Å². The predicted molar refractivity (Wildman–Crippen MR) is 83.8 cm³/mol. The molecular formula is C13H19N7O2S. The van der Waals surface area contributed by atoms with Crippen molar-refractivity contribution in [3.05, 3.63) is 36.2 Å². The van der Waals surface area contributed by atoms with Crippen LogP contribution >= 0.6 is 0 Å². The van der Waals surface area contributed by atoms with Crippen molar-refractivity contribution in [3.63, 3.8) is 0 Å².